The average molecular weight is 375 g/mol. The molecular formula is C18H15BrS2. The maximum Gasteiger partial charge on any atom is 0.0577 e. The van der Waals surface area contributed by atoms with Crippen LogP contribution >= 0.6 is 39.5 Å². The van der Waals surface area contributed by atoms with Gasteiger partial charge in [-0.05, 0) is 41.2 Å². The second-order valence-electron chi connectivity index (χ2n) is 4.71. The third kappa shape index (κ3) is 4.08. The van der Waals surface area contributed by atoms with Crippen LogP contribution < -0.4 is 0 Å². The Bertz CT molecular complexity index is 668. The lowest BCUT2D eigenvalue weighted by atomic mass is 10.2. The van der Waals surface area contributed by atoms with Crippen molar-refractivity contribution in [3.05, 3.63) is 75.9 Å². The molecule has 2 aromatic rings. The number of benzene rings is 2. The number of thioether (sulfide) groups is 2. The SMILES string of the molecule is Brc1ccc(C2=C=C(c3ccccc3)SCCCS2)cc1. The van der Waals surface area contributed by atoms with Crippen LogP contribution in [-0.4, -0.2) is 11.5 Å². The number of hydrogen-bond acceptors (Lipinski definition) is 2. The zero-order chi connectivity index (χ0) is 14.5. The molecular weight excluding hydrogens is 360 g/mol. The molecule has 0 bridgehead atoms. The van der Waals surface area contributed by atoms with E-state index in [1.54, 1.807) is 0 Å². The summed E-state index contributed by atoms with van der Waals surface area (Å²) in [6, 6.07) is 19.1. The second-order valence-corrected chi connectivity index (χ2v) is 7.83. The van der Waals surface area contributed by atoms with Crippen LogP contribution in [0.25, 0.3) is 9.81 Å². The van der Waals surface area contributed by atoms with Gasteiger partial charge < -0.3 is 0 Å². The highest BCUT2D eigenvalue weighted by atomic mass is 79.9. The predicted molar refractivity (Wildman–Crippen MR) is 100 cm³/mol. The summed E-state index contributed by atoms with van der Waals surface area (Å²) in [5.41, 5.74) is 6.16. The highest BCUT2D eigenvalue weighted by molar-refractivity contribution is 9.10. The lowest BCUT2D eigenvalue weighted by Crippen LogP contribution is -1.91. The van der Waals surface area contributed by atoms with Crippen molar-refractivity contribution in [1.29, 1.82) is 0 Å². The molecule has 0 fully saturated rings. The minimum absolute atomic E-state index is 1.12. The van der Waals surface area contributed by atoms with E-state index in [0.717, 1.165) is 16.0 Å². The maximum absolute atomic E-state index is 3.65. The van der Waals surface area contributed by atoms with Crippen molar-refractivity contribution in [2.45, 2.75) is 6.42 Å². The molecule has 0 N–H and O–H groups in total. The van der Waals surface area contributed by atoms with Crippen molar-refractivity contribution < 1.29 is 0 Å². The number of rotatable bonds is 2. The highest BCUT2D eigenvalue weighted by Crippen LogP contribution is 2.36. The van der Waals surface area contributed by atoms with E-state index in [0.29, 0.717) is 0 Å². The second kappa shape index (κ2) is 7.42. The Hall–Kier alpha value is -0.860. The molecule has 3 heteroatoms. The first-order valence-electron chi connectivity index (χ1n) is 6.91. The Balaban J connectivity index is 2.08. The summed E-state index contributed by atoms with van der Waals surface area (Å²) in [5.74, 6) is 2.32. The normalized spacial score (nSPS) is 15.7. The van der Waals surface area contributed by atoms with E-state index >= 15 is 0 Å². The molecule has 0 spiro atoms. The number of hydrogen-bond donors (Lipinski definition) is 0. The zero-order valence-corrected chi connectivity index (χ0v) is 14.7. The van der Waals surface area contributed by atoms with Gasteiger partial charge in [-0.1, -0.05) is 64.1 Å². The summed E-state index contributed by atoms with van der Waals surface area (Å²) in [5, 5.41) is 0. The first-order valence-corrected chi connectivity index (χ1v) is 9.67. The molecule has 3 rings (SSSR count). The Morgan fingerprint density at radius 3 is 1.95 bits per heavy atom. The topological polar surface area (TPSA) is 0 Å². The minimum Gasteiger partial charge on any atom is -0.117 e. The molecule has 1 aliphatic rings. The third-order valence-corrected chi connectivity index (χ3v) is 5.92. The van der Waals surface area contributed by atoms with E-state index < -0.39 is 0 Å². The van der Waals surface area contributed by atoms with Gasteiger partial charge in [0.2, 0.25) is 0 Å². The molecule has 0 aromatic heterocycles. The molecule has 21 heavy (non-hydrogen) atoms. The van der Waals surface area contributed by atoms with E-state index in [1.807, 2.05) is 23.5 Å². The van der Waals surface area contributed by atoms with Gasteiger partial charge in [0, 0.05) is 4.47 Å². The molecule has 0 atom stereocenters. The quantitative estimate of drug-likeness (QED) is 0.565. The Labute approximate surface area is 142 Å². The fourth-order valence-electron chi connectivity index (χ4n) is 2.08. The van der Waals surface area contributed by atoms with Gasteiger partial charge in [-0.2, -0.15) is 0 Å². The van der Waals surface area contributed by atoms with E-state index in [-0.39, 0.29) is 0 Å². The lowest BCUT2D eigenvalue weighted by Gasteiger charge is -2.11. The first-order chi connectivity index (χ1) is 10.3. The molecule has 2 aromatic carbocycles. The van der Waals surface area contributed by atoms with Gasteiger partial charge in [0.25, 0.3) is 0 Å². The smallest absolute Gasteiger partial charge is 0.0577 e. The molecule has 106 valence electrons. The van der Waals surface area contributed by atoms with Gasteiger partial charge in [-0.25, -0.2) is 0 Å². The molecule has 0 saturated heterocycles. The van der Waals surface area contributed by atoms with Gasteiger partial charge >= 0.3 is 0 Å². The molecule has 0 amide bonds. The van der Waals surface area contributed by atoms with Gasteiger partial charge in [0.1, 0.15) is 0 Å². The molecule has 1 aliphatic heterocycles. The zero-order valence-electron chi connectivity index (χ0n) is 11.5. The van der Waals surface area contributed by atoms with Gasteiger partial charge in [-0.15, -0.1) is 23.5 Å². The maximum atomic E-state index is 3.65. The Kier molecular flexibility index (Phi) is 5.32. The van der Waals surface area contributed by atoms with Crippen LogP contribution in [-0.2, 0) is 0 Å². The molecule has 0 radical (unpaired) electrons. The fourth-order valence-corrected chi connectivity index (χ4v) is 4.54. The monoisotopic (exact) mass is 374 g/mol. The van der Waals surface area contributed by atoms with Crippen LogP contribution in [0.4, 0.5) is 0 Å². The largest absolute Gasteiger partial charge is 0.117 e. The van der Waals surface area contributed by atoms with Gasteiger partial charge in [0.15, 0.2) is 0 Å². The molecule has 0 nitrogen and oxygen atoms in total. The van der Waals surface area contributed by atoms with Crippen LogP contribution in [0.1, 0.15) is 17.5 Å². The van der Waals surface area contributed by atoms with Gasteiger partial charge in [-0.3, -0.25) is 0 Å². The van der Waals surface area contributed by atoms with Crippen molar-refractivity contribution in [3.63, 3.8) is 0 Å². The van der Waals surface area contributed by atoms with Crippen molar-refractivity contribution in [2.24, 2.45) is 0 Å². The first kappa shape index (κ1) is 15.1. The summed E-state index contributed by atoms with van der Waals surface area (Å²) in [4.78, 5) is 2.49. The van der Waals surface area contributed by atoms with Crippen LogP contribution in [0, 0.1) is 0 Å². The summed E-state index contributed by atoms with van der Waals surface area (Å²) < 4.78 is 1.12. The summed E-state index contributed by atoms with van der Waals surface area (Å²) in [6.07, 6.45) is 1.23. The van der Waals surface area contributed by atoms with E-state index in [9.17, 15) is 0 Å². The lowest BCUT2D eigenvalue weighted by molar-refractivity contribution is 1.13. The van der Waals surface area contributed by atoms with E-state index in [1.165, 1.54) is 27.4 Å². The molecule has 0 unspecified atom stereocenters. The van der Waals surface area contributed by atoms with Crippen LogP contribution in [0.15, 0.2) is 64.8 Å². The van der Waals surface area contributed by atoms with Gasteiger partial charge in [0.05, 0.1) is 9.81 Å². The number of halogens is 1. The predicted octanol–water partition coefficient (Wildman–Crippen LogP) is 6.30. The van der Waals surface area contributed by atoms with E-state index in [2.05, 4.69) is 76.3 Å². The third-order valence-electron chi connectivity index (χ3n) is 3.15. The average Bonchev–Trinajstić information content (AvgIpc) is 2.49. The highest BCUT2D eigenvalue weighted by Gasteiger charge is 2.09. The summed E-state index contributed by atoms with van der Waals surface area (Å²) in [7, 11) is 0. The van der Waals surface area contributed by atoms with Crippen molar-refractivity contribution in [2.75, 3.05) is 11.5 Å². The van der Waals surface area contributed by atoms with Crippen LogP contribution in [0.3, 0.4) is 0 Å². The minimum atomic E-state index is 1.12. The summed E-state index contributed by atoms with van der Waals surface area (Å²) in [6.45, 7) is 0. The Morgan fingerprint density at radius 1 is 0.762 bits per heavy atom. The molecule has 0 aliphatic carbocycles. The van der Waals surface area contributed by atoms with E-state index in [4.69, 9.17) is 0 Å². The standard InChI is InChI=1S/C18H15BrS2/c19-16-9-7-15(8-10-16)18-13-17(20-11-4-12-21-18)14-5-2-1-3-6-14/h1-3,5-10H,4,11-12H2. The molecule has 1 heterocycles. The molecule has 0 saturated carbocycles. The van der Waals surface area contributed by atoms with Crippen molar-refractivity contribution >= 4 is 49.3 Å². The Morgan fingerprint density at radius 2 is 1.33 bits per heavy atom. The van der Waals surface area contributed by atoms with Crippen LogP contribution in [0.5, 0.6) is 0 Å². The fraction of sp³-hybridized carbons (Fsp3) is 0.167. The van der Waals surface area contributed by atoms with Crippen molar-refractivity contribution in [1.82, 2.24) is 0 Å². The van der Waals surface area contributed by atoms with Crippen LogP contribution in [0.2, 0.25) is 0 Å². The van der Waals surface area contributed by atoms with Crippen molar-refractivity contribution in [3.8, 4) is 0 Å². The summed E-state index contributed by atoms with van der Waals surface area (Å²) >= 11 is 7.33.